The van der Waals surface area contributed by atoms with Crippen molar-refractivity contribution in [1.29, 1.82) is 0 Å². The number of carbonyl (C=O) groups is 1. The third-order valence-electron chi connectivity index (χ3n) is 1.46. The van der Waals surface area contributed by atoms with Gasteiger partial charge in [0.25, 0.3) is 0 Å². The Labute approximate surface area is 71.8 Å². The molecule has 0 spiro atoms. The predicted octanol–water partition coefficient (Wildman–Crippen LogP) is 0.560. The standard InChI is InChI=1S/C9H11N2O/c1-8(12)11-6-4-9-3-2-5-10-7-9/h2-3,7H,4,6H2,1H3,(H,11,12). The highest BCUT2D eigenvalue weighted by molar-refractivity contribution is 5.72. The number of amides is 1. The fraction of sp³-hybridized carbons (Fsp3) is 0.333. The van der Waals surface area contributed by atoms with Crippen LogP contribution in [0.25, 0.3) is 0 Å². The SMILES string of the molecule is CC(=O)NCCc1cc[c]nc1. The summed E-state index contributed by atoms with van der Waals surface area (Å²) in [5.41, 5.74) is 1.11. The zero-order chi connectivity index (χ0) is 8.81. The van der Waals surface area contributed by atoms with Gasteiger partial charge in [-0.15, -0.1) is 0 Å². The Bertz CT molecular complexity index is 246. The quantitative estimate of drug-likeness (QED) is 0.707. The molecule has 3 heteroatoms. The van der Waals surface area contributed by atoms with E-state index in [9.17, 15) is 4.79 Å². The first-order valence-corrected chi connectivity index (χ1v) is 3.84. The molecule has 1 radical (unpaired) electrons. The zero-order valence-corrected chi connectivity index (χ0v) is 7.00. The molecule has 0 aliphatic heterocycles. The van der Waals surface area contributed by atoms with E-state index < -0.39 is 0 Å². The lowest BCUT2D eigenvalue weighted by Gasteiger charge is -2.00. The molecule has 1 N–H and O–H groups in total. The van der Waals surface area contributed by atoms with Crippen molar-refractivity contribution in [2.75, 3.05) is 6.54 Å². The van der Waals surface area contributed by atoms with Gasteiger partial charge >= 0.3 is 0 Å². The highest BCUT2D eigenvalue weighted by Gasteiger charge is 1.92. The summed E-state index contributed by atoms with van der Waals surface area (Å²) in [7, 11) is 0. The van der Waals surface area contributed by atoms with Crippen molar-refractivity contribution in [3.63, 3.8) is 0 Å². The number of nitrogens with one attached hydrogen (secondary N) is 1. The van der Waals surface area contributed by atoms with Gasteiger partial charge in [0.05, 0.1) is 6.20 Å². The number of aromatic nitrogens is 1. The second kappa shape index (κ2) is 4.49. The molecule has 0 fully saturated rings. The van der Waals surface area contributed by atoms with Gasteiger partial charge < -0.3 is 5.32 Å². The largest absolute Gasteiger partial charge is 0.356 e. The minimum Gasteiger partial charge on any atom is -0.356 e. The third kappa shape index (κ3) is 3.14. The number of rotatable bonds is 3. The second-order valence-corrected chi connectivity index (χ2v) is 2.53. The fourth-order valence-corrected chi connectivity index (χ4v) is 0.881. The van der Waals surface area contributed by atoms with Gasteiger partial charge in [0.2, 0.25) is 5.91 Å². The number of nitrogens with zero attached hydrogens (tertiary/aromatic N) is 1. The monoisotopic (exact) mass is 163 g/mol. The number of hydrogen-bond donors (Lipinski definition) is 1. The van der Waals surface area contributed by atoms with Crippen molar-refractivity contribution in [2.24, 2.45) is 0 Å². The Morgan fingerprint density at radius 2 is 2.58 bits per heavy atom. The molecular weight excluding hydrogens is 152 g/mol. The molecule has 0 aliphatic rings. The van der Waals surface area contributed by atoms with E-state index in [0.29, 0.717) is 6.54 Å². The molecule has 1 aromatic heterocycles. The van der Waals surface area contributed by atoms with Gasteiger partial charge in [-0.25, -0.2) is 0 Å². The van der Waals surface area contributed by atoms with Crippen LogP contribution in [0.4, 0.5) is 0 Å². The van der Waals surface area contributed by atoms with E-state index in [0.717, 1.165) is 12.0 Å². The topological polar surface area (TPSA) is 42.0 Å². The molecule has 0 unspecified atom stereocenters. The Morgan fingerprint density at radius 3 is 3.17 bits per heavy atom. The van der Waals surface area contributed by atoms with Gasteiger partial charge in [-0.1, -0.05) is 6.07 Å². The highest BCUT2D eigenvalue weighted by atomic mass is 16.1. The molecule has 0 bridgehead atoms. The Balaban J connectivity index is 2.29. The van der Waals surface area contributed by atoms with Crippen molar-refractivity contribution in [3.8, 4) is 0 Å². The normalized spacial score (nSPS) is 9.42. The van der Waals surface area contributed by atoms with Crippen LogP contribution in [0.3, 0.4) is 0 Å². The van der Waals surface area contributed by atoms with Crippen LogP contribution in [0, 0.1) is 6.20 Å². The summed E-state index contributed by atoms with van der Waals surface area (Å²) in [5.74, 6) is 0.00505. The van der Waals surface area contributed by atoms with E-state index in [4.69, 9.17) is 0 Å². The second-order valence-electron chi connectivity index (χ2n) is 2.53. The van der Waals surface area contributed by atoms with E-state index in [1.807, 2.05) is 6.07 Å². The van der Waals surface area contributed by atoms with Crippen LogP contribution in [0.1, 0.15) is 12.5 Å². The zero-order valence-electron chi connectivity index (χ0n) is 7.00. The molecule has 0 saturated carbocycles. The summed E-state index contributed by atoms with van der Waals surface area (Å²) < 4.78 is 0. The molecule has 1 heterocycles. The van der Waals surface area contributed by atoms with Crippen LogP contribution in [-0.2, 0) is 11.2 Å². The van der Waals surface area contributed by atoms with Crippen LogP contribution in [-0.4, -0.2) is 17.4 Å². The van der Waals surface area contributed by atoms with Crippen molar-refractivity contribution in [2.45, 2.75) is 13.3 Å². The molecule has 0 aliphatic carbocycles. The Hall–Kier alpha value is -1.38. The van der Waals surface area contributed by atoms with Crippen LogP contribution in [0.15, 0.2) is 18.3 Å². The first-order valence-electron chi connectivity index (χ1n) is 3.84. The third-order valence-corrected chi connectivity index (χ3v) is 1.46. The summed E-state index contributed by atoms with van der Waals surface area (Å²) in [5, 5.41) is 2.72. The van der Waals surface area contributed by atoms with Gasteiger partial charge in [0.1, 0.15) is 0 Å². The summed E-state index contributed by atoms with van der Waals surface area (Å²) in [6.45, 7) is 2.18. The molecule has 0 saturated heterocycles. The van der Waals surface area contributed by atoms with Crippen molar-refractivity contribution >= 4 is 5.91 Å². The Kier molecular flexibility index (Phi) is 3.26. The van der Waals surface area contributed by atoms with Gasteiger partial charge in [0.15, 0.2) is 0 Å². The maximum atomic E-state index is 10.5. The first kappa shape index (κ1) is 8.71. The van der Waals surface area contributed by atoms with Gasteiger partial charge in [0, 0.05) is 19.7 Å². The van der Waals surface area contributed by atoms with E-state index in [1.54, 1.807) is 12.3 Å². The number of carbonyl (C=O) groups excluding carboxylic acids is 1. The van der Waals surface area contributed by atoms with Crippen LogP contribution >= 0.6 is 0 Å². The minimum atomic E-state index is 0.00505. The lowest BCUT2D eigenvalue weighted by atomic mass is 10.2. The summed E-state index contributed by atoms with van der Waals surface area (Å²) >= 11 is 0. The molecule has 3 nitrogen and oxygen atoms in total. The van der Waals surface area contributed by atoms with Gasteiger partial charge in [-0.3, -0.25) is 9.78 Å². The molecule has 63 valence electrons. The van der Waals surface area contributed by atoms with E-state index in [-0.39, 0.29) is 5.91 Å². The van der Waals surface area contributed by atoms with Crippen LogP contribution in [0.2, 0.25) is 0 Å². The fourth-order valence-electron chi connectivity index (χ4n) is 0.881. The number of pyridine rings is 1. The lowest BCUT2D eigenvalue weighted by Crippen LogP contribution is -2.22. The molecule has 0 atom stereocenters. The molecule has 1 aromatic rings. The summed E-state index contributed by atoms with van der Waals surface area (Å²) in [6.07, 6.45) is 5.27. The highest BCUT2D eigenvalue weighted by Crippen LogP contribution is 1.94. The smallest absolute Gasteiger partial charge is 0.216 e. The molecular formula is C9H11N2O. The molecule has 1 amide bonds. The Morgan fingerprint density at radius 1 is 1.75 bits per heavy atom. The minimum absolute atomic E-state index is 0.00505. The van der Waals surface area contributed by atoms with Crippen LogP contribution < -0.4 is 5.32 Å². The average Bonchev–Trinajstić information content (AvgIpc) is 2.05. The van der Waals surface area contributed by atoms with Crippen molar-refractivity contribution in [3.05, 3.63) is 30.1 Å². The number of hydrogen-bond acceptors (Lipinski definition) is 2. The van der Waals surface area contributed by atoms with E-state index in [2.05, 4.69) is 16.5 Å². The lowest BCUT2D eigenvalue weighted by molar-refractivity contribution is -0.118. The molecule has 1 rings (SSSR count). The van der Waals surface area contributed by atoms with E-state index >= 15 is 0 Å². The van der Waals surface area contributed by atoms with Crippen molar-refractivity contribution in [1.82, 2.24) is 10.3 Å². The van der Waals surface area contributed by atoms with Crippen molar-refractivity contribution < 1.29 is 4.79 Å². The van der Waals surface area contributed by atoms with Gasteiger partial charge in [-0.2, -0.15) is 0 Å². The maximum Gasteiger partial charge on any atom is 0.216 e. The first-order chi connectivity index (χ1) is 5.79. The van der Waals surface area contributed by atoms with Crippen LogP contribution in [0.5, 0.6) is 0 Å². The molecule has 12 heavy (non-hydrogen) atoms. The summed E-state index contributed by atoms with van der Waals surface area (Å²) in [6, 6.07) is 3.71. The maximum absolute atomic E-state index is 10.5. The summed E-state index contributed by atoms with van der Waals surface area (Å²) in [4.78, 5) is 14.3. The van der Waals surface area contributed by atoms with Gasteiger partial charge in [-0.05, 0) is 18.1 Å². The van der Waals surface area contributed by atoms with E-state index in [1.165, 1.54) is 6.92 Å². The average molecular weight is 163 g/mol. The predicted molar refractivity (Wildman–Crippen MR) is 45.5 cm³/mol. The molecule has 0 aromatic carbocycles.